The number of carbonyl (C=O) groups excluding carboxylic acids is 1. The van der Waals surface area contributed by atoms with Crippen molar-refractivity contribution in [3.05, 3.63) is 182 Å². The molecule has 0 aliphatic heterocycles. The summed E-state index contributed by atoms with van der Waals surface area (Å²) in [5.41, 5.74) is 0. The standard InChI is InChI=1S/2C18H16As.CHO.ClH.Rh/c2*1-4-10-16(11-5-1)19(17-12-6-2-7-13-17)18-14-8-3-9-15-18;1-2;;/h2*1-15,19H;1H;1H;/q2*+1;;;-1/p-1. The van der Waals surface area contributed by atoms with Crippen molar-refractivity contribution in [3.63, 3.8) is 0 Å². The fourth-order valence-electron chi connectivity index (χ4n) is 6.11. The molecule has 0 atom stereocenters. The Hall–Kier alpha value is -2.98. The fraction of sp³-hybridized carbons (Fsp3) is 0. The molecule has 0 unspecified atom stereocenters. The monoisotopic (exact) mass is 781 g/mol. The predicted molar refractivity (Wildman–Crippen MR) is 183 cm³/mol. The van der Waals surface area contributed by atoms with Gasteiger partial charge in [0.1, 0.15) is 0 Å². The molecule has 0 bridgehead atoms. The van der Waals surface area contributed by atoms with Crippen LogP contribution in [0.5, 0.6) is 0 Å². The molecule has 0 aromatic heterocycles. The molecule has 0 N–H and O–H groups in total. The van der Waals surface area contributed by atoms with E-state index < -0.39 is 31.8 Å². The zero-order valence-electron chi connectivity index (χ0n) is 23.0. The van der Waals surface area contributed by atoms with E-state index >= 15 is 0 Å². The summed E-state index contributed by atoms with van der Waals surface area (Å²) in [6.45, 7) is 0. The summed E-state index contributed by atoms with van der Waals surface area (Å²) in [4.78, 5) is 15.9. The molecule has 0 fully saturated rings. The molecule has 0 heterocycles. The first-order valence-corrected chi connectivity index (χ1v) is 33.1. The second-order valence-electron chi connectivity index (χ2n) is 10.00. The van der Waals surface area contributed by atoms with Crippen molar-refractivity contribution >= 4 is 63.0 Å². The Morgan fingerprint density at radius 1 is 0.357 bits per heavy atom. The van der Waals surface area contributed by atoms with Crippen LogP contribution in [0, 0.1) is 0 Å². The molecule has 0 aliphatic rings. The second-order valence-corrected chi connectivity index (χ2v) is 67.3. The molecule has 0 saturated heterocycles. The quantitative estimate of drug-likeness (QED) is 0.158. The van der Waals surface area contributed by atoms with Crippen molar-refractivity contribution in [1.29, 1.82) is 0 Å². The zero-order chi connectivity index (χ0) is 28.9. The molecule has 1 nitrogen and oxygen atoms in total. The molecule has 6 aromatic rings. The van der Waals surface area contributed by atoms with Gasteiger partial charge >= 0.3 is 259 Å². The number of hydrogen-bond acceptors (Lipinski definition) is 1. The molecule has 6 rings (SSSR count). The third-order valence-corrected chi connectivity index (χ3v) is 105. The molecule has 6 aromatic carbocycles. The summed E-state index contributed by atoms with van der Waals surface area (Å²) >= 11 is -8.08. The minimum absolute atomic E-state index is 1.23. The van der Waals surface area contributed by atoms with Crippen LogP contribution in [-0.4, -0.2) is 27.2 Å². The van der Waals surface area contributed by atoms with Crippen molar-refractivity contribution in [3.8, 4) is 0 Å². The van der Waals surface area contributed by atoms with E-state index in [2.05, 4.69) is 182 Å². The van der Waals surface area contributed by atoms with Crippen molar-refractivity contribution in [2.75, 3.05) is 0 Å². The van der Waals surface area contributed by atoms with Gasteiger partial charge in [0.05, 0.1) is 0 Å². The van der Waals surface area contributed by atoms with Gasteiger partial charge in [0.2, 0.25) is 0 Å². The van der Waals surface area contributed by atoms with E-state index in [4.69, 9.17) is 9.69 Å². The molecular weight excluding hydrogens is 749 g/mol. The summed E-state index contributed by atoms with van der Waals surface area (Å²) in [7, 11) is 4.82. The van der Waals surface area contributed by atoms with E-state index in [1.807, 2.05) is 0 Å². The van der Waals surface area contributed by atoms with Gasteiger partial charge in [-0.05, 0) is 0 Å². The van der Waals surface area contributed by atoms with Crippen LogP contribution < -0.4 is 26.1 Å². The average Bonchev–Trinajstić information content (AvgIpc) is 3.08. The minimum atomic E-state index is -4.04. The van der Waals surface area contributed by atoms with Gasteiger partial charge in [0.25, 0.3) is 0 Å². The van der Waals surface area contributed by atoms with Crippen molar-refractivity contribution in [1.82, 2.24) is 0 Å². The number of carbonyl (C=O) groups is 1. The SMILES string of the molecule is O=[CH][Rh]([Cl])([AsH](c1ccccc1)(c1ccccc1)c1ccccc1)[AsH](c1ccccc1)(c1ccccc1)c1ccccc1. The molecule has 213 valence electrons. The first kappa shape index (κ1) is 29.1. The summed E-state index contributed by atoms with van der Waals surface area (Å²) in [5.74, 6) is 0. The Labute approximate surface area is 257 Å². The Morgan fingerprint density at radius 2 is 0.524 bits per heavy atom. The van der Waals surface area contributed by atoms with Gasteiger partial charge in [-0.2, -0.15) is 0 Å². The van der Waals surface area contributed by atoms with E-state index in [0.29, 0.717) is 0 Å². The fourth-order valence-corrected chi connectivity index (χ4v) is 136. The third-order valence-electron chi connectivity index (χ3n) is 7.79. The van der Waals surface area contributed by atoms with Crippen LogP contribution in [-0.2, 0) is 14.2 Å². The van der Waals surface area contributed by atoms with E-state index in [1.165, 1.54) is 31.0 Å². The van der Waals surface area contributed by atoms with Crippen LogP contribution in [0.2, 0.25) is 0 Å². The third kappa shape index (κ3) is 4.61. The van der Waals surface area contributed by atoms with Crippen LogP contribution >= 0.6 is 9.69 Å². The summed E-state index contributed by atoms with van der Waals surface area (Å²) in [6, 6.07) is 64.7. The Bertz CT molecular complexity index is 1420. The van der Waals surface area contributed by atoms with Gasteiger partial charge in [-0.1, -0.05) is 0 Å². The van der Waals surface area contributed by atoms with Crippen LogP contribution in [0.1, 0.15) is 0 Å². The second kappa shape index (κ2) is 12.7. The Morgan fingerprint density at radius 3 is 0.667 bits per heavy atom. The molecule has 5 heteroatoms. The molecule has 0 saturated carbocycles. The topological polar surface area (TPSA) is 17.1 Å². The molecule has 0 aliphatic carbocycles. The number of rotatable bonds is 9. The van der Waals surface area contributed by atoms with Crippen LogP contribution in [0.3, 0.4) is 0 Å². The summed E-state index contributed by atoms with van der Waals surface area (Å²) < 4.78 is 7.40. The molecule has 0 radical (unpaired) electrons. The van der Waals surface area contributed by atoms with Crippen LogP contribution in [0.25, 0.3) is 0 Å². The average molecular weight is 782 g/mol. The first-order valence-electron chi connectivity index (χ1n) is 13.9. The molecule has 0 spiro atoms. The van der Waals surface area contributed by atoms with Crippen molar-refractivity contribution in [2.24, 2.45) is 0 Å². The number of halogens is 1. The van der Waals surface area contributed by atoms with Gasteiger partial charge in [-0.3, -0.25) is 0 Å². The van der Waals surface area contributed by atoms with Gasteiger partial charge < -0.3 is 0 Å². The zero-order valence-corrected chi connectivity index (χ0v) is 29.6. The summed E-state index contributed by atoms with van der Waals surface area (Å²) in [5, 5.41) is 0. The van der Waals surface area contributed by atoms with E-state index in [1.54, 1.807) is 0 Å². The van der Waals surface area contributed by atoms with Crippen molar-refractivity contribution in [2.45, 2.75) is 0 Å². The van der Waals surface area contributed by atoms with Crippen LogP contribution in [0.15, 0.2) is 182 Å². The molecule has 42 heavy (non-hydrogen) atoms. The number of benzene rings is 6. The maximum atomic E-state index is 14.6. The van der Waals surface area contributed by atoms with Crippen LogP contribution in [0.4, 0.5) is 0 Å². The van der Waals surface area contributed by atoms with E-state index in [0.717, 1.165) is 0 Å². The normalized spacial score (nSPS) is 14.7. The van der Waals surface area contributed by atoms with Crippen molar-refractivity contribution < 1.29 is 14.2 Å². The van der Waals surface area contributed by atoms with E-state index in [-0.39, 0.29) is 0 Å². The molecular formula is C37H33As2ClORh. The predicted octanol–water partition coefficient (Wildman–Crippen LogP) is 4.28. The van der Waals surface area contributed by atoms with E-state index in [9.17, 15) is 4.79 Å². The summed E-state index contributed by atoms with van der Waals surface area (Å²) in [6.07, 6.45) is 0. The van der Waals surface area contributed by atoms with Gasteiger partial charge in [-0.15, -0.1) is 0 Å². The first-order chi connectivity index (χ1) is 20.7. The maximum absolute atomic E-state index is 14.6. The van der Waals surface area contributed by atoms with Gasteiger partial charge in [-0.25, -0.2) is 0 Å². The van der Waals surface area contributed by atoms with Gasteiger partial charge in [0, 0.05) is 0 Å². The Kier molecular flexibility index (Phi) is 8.81. The molecule has 0 amide bonds. The number of hydrogen-bond donors (Lipinski definition) is 0. The van der Waals surface area contributed by atoms with Gasteiger partial charge in [0.15, 0.2) is 0 Å². The Balaban J connectivity index is 1.90.